The number of halogens is 2. The van der Waals surface area contributed by atoms with Crippen molar-refractivity contribution >= 4 is 0 Å². The number of hydrogen-bond donors (Lipinski definition) is 1. The van der Waals surface area contributed by atoms with E-state index in [1.807, 2.05) is 6.92 Å². The van der Waals surface area contributed by atoms with Gasteiger partial charge in [-0.05, 0) is 39.5 Å². The van der Waals surface area contributed by atoms with Crippen LogP contribution in [0.3, 0.4) is 0 Å². The normalized spacial score (nSPS) is 19.5. The summed E-state index contributed by atoms with van der Waals surface area (Å²) in [5, 5.41) is 3.42. The van der Waals surface area contributed by atoms with E-state index in [0.29, 0.717) is 5.56 Å². The highest BCUT2D eigenvalue weighted by Gasteiger charge is 2.44. The molecule has 0 radical (unpaired) electrons. The second kappa shape index (κ2) is 6.19. The van der Waals surface area contributed by atoms with Crippen LogP contribution in [0.5, 0.6) is 0 Å². The SMILES string of the molecule is CCNC(c1ccc(F)cc1F)C1(N(C)C)CCCC1. The Kier molecular flexibility index (Phi) is 4.76. The van der Waals surface area contributed by atoms with Crippen molar-refractivity contribution in [3.05, 3.63) is 35.4 Å². The van der Waals surface area contributed by atoms with Crippen molar-refractivity contribution in [1.82, 2.24) is 10.2 Å². The molecule has 0 saturated heterocycles. The van der Waals surface area contributed by atoms with Crippen LogP contribution in [-0.4, -0.2) is 31.1 Å². The molecular weight excluding hydrogens is 258 g/mol. The lowest BCUT2D eigenvalue weighted by atomic mass is 9.82. The van der Waals surface area contributed by atoms with Gasteiger partial charge < -0.3 is 10.2 Å². The van der Waals surface area contributed by atoms with Crippen molar-refractivity contribution in [3.63, 3.8) is 0 Å². The largest absolute Gasteiger partial charge is 0.309 e. The molecule has 112 valence electrons. The molecule has 20 heavy (non-hydrogen) atoms. The van der Waals surface area contributed by atoms with Crippen molar-refractivity contribution in [1.29, 1.82) is 0 Å². The molecule has 1 atom stereocenters. The van der Waals surface area contributed by atoms with E-state index in [1.54, 1.807) is 6.07 Å². The molecule has 2 rings (SSSR count). The van der Waals surface area contributed by atoms with Crippen LogP contribution in [0.15, 0.2) is 18.2 Å². The Balaban J connectivity index is 2.44. The highest BCUT2D eigenvalue weighted by molar-refractivity contribution is 5.27. The van der Waals surface area contributed by atoms with Gasteiger partial charge in [0, 0.05) is 17.2 Å². The molecule has 0 spiro atoms. The van der Waals surface area contributed by atoms with Crippen LogP contribution in [-0.2, 0) is 0 Å². The first-order valence-corrected chi connectivity index (χ1v) is 7.37. The van der Waals surface area contributed by atoms with Crippen LogP contribution in [0, 0.1) is 11.6 Å². The standard InChI is InChI=1S/C16H24F2N2/c1-4-19-15(13-8-7-12(17)11-14(13)18)16(20(2)3)9-5-6-10-16/h7-8,11,15,19H,4-6,9-10H2,1-3H3. The Bertz CT molecular complexity index is 454. The molecule has 0 bridgehead atoms. The van der Waals surface area contributed by atoms with Crippen molar-refractivity contribution < 1.29 is 8.78 Å². The molecule has 1 aromatic carbocycles. The van der Waals surface area contributed by atoms with Crippen LogP contribution < -0.4 is 5.32 Å². The van der Waals surface area contributed by atoms with Crippen molar-refractivity contribution in [3.8, 4) is 0 Å². The predicted molar refractivity (Wildman–Crippen MR) is 77.7 cm³/mol. The first-order chi connectivity index (χ1) is 9.51. The third-order valence-corrected chi connectivity index (χ3v) is 4.58. The topological polar surface area (TPSA) is 15.3 Å². The number of benzene rings is 1. The van der Waals surface area contributed by atoms with Gasteiger partial charge in [-0.25, -0.2) is 8.78 Å². The molecule has 1 fully saturated rings. The molecule has 1 unspecified atom stereocenters. The molecule has 0 amide bonds. The molecule has 1 aliphatic rings. The summed E-state index contributed by atoms with van der Waals surface area (Å²) in [4.78, 5) is 2.20. The van der Waals surface area contributed by atoms with E-state index >= 15 is 0 Å². The summed E-state index contributed by atoms with van der Waals surface area (Å²) in [6.07, 6.45) is 4.38. The molecule has 0 heterocycles. The average molecular weight is 282 g/mol. The maximum absolute atomic E-state index is 14.2. The third-order valence-electron chi connectivity index (χ3n) is 4.58. The Morgan fingerprint density at radius 2 is 1.90 bits per heavy atom. The lowest BCUT2D eigenvalue weighted by Crippen LogP contribution is -2.52. The minimum absolute atomic E-state index is 0.0886. The van der Waals surface area contributed by atoms with E-state index in [1.165, 1.54) is 6.07 Å². The van der Waals surface area contributed by atoms with Crippen molar-refractivity contribution in [2.24, 2.45) is 0 Å². The monoisotopic (exact) mass is 282 g/mol. The fraction of sp³-hybridized carbons (Fsp3) is 0.625. The van der Waals surface area contributed by atoms with E-state index in [2.05, 4.69) is 24.3 Å². The first kappa shape index (κ1) is 15.4. The van der Waals surface area contributed by atoms with Gasteiger partial charge in [-0.3, -0.25) is 0 Å². The lowest BCUT2D eigenvalue weighted by Gasteiger charge is -2.44. The fourth-order valence-electron chi connectivity index (χ4n) is 3.51. The van der Waals surface area contributed by atoms with Gasteiger partial charge in [-0.1, -0.05) is 25.8 Å². The Morgan fingerprint density at radius 3 is 2.40 bits per heavy atom. The van der Waals surface area contributed by atoms with E-state index in [-0.39, 0.29) is 11.6 Å². The van der Waals surface area contributed by atoms with Crippen LogP contribution >= 0.6 is 0 Å². The summed E-state index contributed by atoms with van der Waals surface area (Å²) in [6.45, 7) is 2.78. The molecule has 1 N–H and O–H groups in total. The molecule has 2 nitrogen and oxygen atoms in total. The Morgan fingerprint density at radius 1 is 1.25 bits per heavy atom. The smallest absolute Gasteiger partial charge is 0.130 e. The van der Waals surface area contributed by atoms with Gasteiger partial charge in [-0.15, -0.1) is 0 Å². The van der Waals surface area contributed by atoms with E-state index < -0.39 is 11.6 Å². The zero-order chi connectivity index (χ0) is 14.8. The van der Waals surface area contributed by atoms with Gasteiger partial charge in [0.05, 0.1) is 6.04 Å². The summed E-state index contributed by atoms with van der Waals surface area (Å²) in [6, 6.07) is 3.81. The van der Waals surface area contributed by atoms with Crippen LogP contribution in [0.25, 0.3) is 0 Å². The minimum Gasteiger partial charge on any atom is -0.309 e. The van der Waals surface area contributed by atoms with E-state index in [4.69, 9.17) is 0 Å². The second-order valence-corrected chi connectivity index (χ2v) is 5.86. The fourth-order valence-corrected chi connectivity index (χ4v) is 3.51. The lowest BCUT2D eigenvalue weighted by molar-refractivity contribution is 0.103. The molecule has 1 aliphatic carbocycles. The van der Waals surface area contributed by atoms with Gasteiger partial charge in [0.15, 0.2) is 0 Å². The third kappa shape index (κ3) is 2.72. The summed E-state index contributed by atoms with van der Waals surface area (Å²) in [7, 11) is 4.11. The molecule has 4 heteroatoms. The molecule has 1 aromatic rings. The molecule has 1 saturated carbocycles. The number of nitrogens with zero attached hydrogens (tertiary/aromatic N) is 1. The molecule has 0 aliphatic heterocycles. The molecule has 0 aromatic heterocycles. The zero-order valence-electron chi connectivity index (χ0n) is 12.5. The van der Waals surface area contributed by atoms with E-state index in [9.17, 15) is 8.78 Å². The van der Waals surface area contributed by atoms with Gasteiger partial charge in [0.1, 0.15) is 11.6 Å². The summed E-state index contributed by atoms with van der Waals surface area (Å²) in [5.41, 5.74) is 0.484. The number of rotatable bonds is 5. The van der Waals surface area contributed by atoms with E-state index in [0.717, 1.165) is 38.3 Å². The van der Waals surface area contributed by atoms with Gasteiger partial charge >= 0.3 is 0 Å². The minimum atomic E-state index is -0.521. The maximum Gasteiger partial charge on any atom is 0.130 e. The predicted octanol–water partition coefficient (Wildman–Crippen LogP) is 3.49. The van der Waals surface area contributed by atoms with Crippen LogP contribution in [0.1, 0.15) is 44.2 Å². The quantitative estimate of drug-likeness (QED) is 0.889. The second-order valence-electron chi connectivity index (χ2n) is 5.86. The highest BCUT2D eigenvalue weighted by Crippen LogP contribution is 2.44. The molecular formula is C16H24F2N2. The number of hydrogen-bond acceptors (Lipinski definition) is 2. The first-order valence-electron chi connectivity index (χ1n) is 7.37. The zero-order valence-corrected chi connectivity index (χ0v) is 12.5. The maximum atomic E-state index is 14.2. The van der Waals surface area contributed by atoms with Gasteiger partial charge in [0.2, 0.25) is 0 Å². The number of likely N-dealkylation sites (N-methyl/N-ethyl adjacent to an activating group) is 2. The summed E-state index contributed by atoms with van der Waals surface area (Å²) < 4.78 is 27.4. The Labute approximate surface area is 120 Å². The van der Waals surface area contributed by atoms with Crippen LogP contribution in [0.2, 0.25) is 0 Å². The highest BCUT2D eigenvalue weighted by atomic mass is 19.1. The Hall–Kier alpha value is -1.00. The van der Waals surface area contributed by atoms with Crippen LogP contribution in [0.4, 0.5) is 8.78 Å². The average Bonchev–Trinajstić information content (AvgIpc) is 2.87. The van der Waals surface area contributed by atoms with Gasteiger partial charge in [-0.2, -0.15) is 0 Å². The number of nitrogens with one attached hydrogen (secondary N) is 1. The summed E-state index contributed by atoms with van der Waals surface area (Å²) in [5.74, 6) is -0.976. The van der Waals surface area contributed by atoms with Crippen molar-refractivity contribution in [2.45, 2.75) is 44.2 Å². The van der Waals surface area contributed by atoms with Crippen molar-refractivity contribution in [2.75, 3.05) is 20.6 Å². The van der Waals surface area contributed by atoms with Gasteiger partial charge in [0.25, 0.3) is 0 Å². The summed E-state index contributed by atoms with van der Waals surface area (Å²) >= 11 is 0.